The van der Waals surface area contributed by atoms with Crippen LogP contribution in [0.15, 0.2) is 58.0 Å². The number of rotatable bonds is 10. The molecule has 0 bridgehead atoms. The molecule has 33 heavy (non-hydrogen) atoms. The Morgan fingerprint density at radius 2 is 1.91 bits per heavy atom. The summed E-state index contributed by atoms with van der Waals surface area (Å²) in [5.41, 5.74) is 0.659. The van der Waals surface area contributed by atoms with Crippen molar-refractivity contribution in [3.63, 3.8) is 0 Å². The smallest absolute Gasteiger partial charge is 0.348 e. The normalized spacial score (nSPS) is 11.4. The standard InChI is InChI=1S/C22H24N2O7S2/c1-4-30-22(26)21-15(2)12-20(32-21)23-19(25)14-24(13-17-6-5-11-31-17)33(27,28)18-9-7-16(29-3)8-10-18/h5-12H,4,13-14H2,1-3H3,(H,23,25). The van der Waals surface area contributed by atoms with Crippen molar-refractivity contribution in [2.24, 2.45) is 0 Å². The molecule has 0 saturated heterocycles. The molecule has 176 valence electrons. The monoisotopic (exact) mass is 492 g/mol. The highest BCUT2D eigenvalue weighted by Gasteiger charge is 2.28. The summed E-state index contributed by atoms with van der Waals surface area (Å²) in [5.74, 6) is -0.136. The first-order valence-corrected chi connectivity index (χ1v) is 12.2. The molecule has 0 aliphatic rings. The SMILES string of the molecule is CCOC(=O)c1sc(NC(=O)CN(Cc2ccco2)S(=O)(=O)c2ccc(OC)cc2)cc1C. The molecular formula is C22H24N2O7S2. The van der Waals surface area contributed by atoms with Gasteiger partial charge in [0.25, 0.3) is 0 Å². The number of anilines is 1. The van der Waals surface area contributed by atoms with E-state index in [0.29, 0.717) is 27.0 Å². The van der Waals surface area contributed by atoms with Gasteiger partial charge in [-0.3, -0.25) is 4.79 Å². The summed E-state index contributed by atoms with van der Waals surface area (Å²) in [6, 6.07) is 10.8. The van der Waals surface area contributed by atoms with Gasteiger partial charge in [-0.05, 0) is 61.9 Å². The zero-order valence-electron chi connectivity index (χ0n) is 18.4. The number of sulfonamides is 1. The van der Waals surface area contributed by atoms with E-state index in [4.69, 9.17) is 13.9 Å². The van der Waals surface area contributed by atoms with Crippen molar-refractivity contribution in [3.05, 3.63) is 64.9 Å². The van der Waals surface area contributed by atoms with Gasteiger partial charge in [-0.1, -0.05) is 0 Å². The number of nitrogens with one attached hydrogen (secondary N) is 1. The zero-order chi connectivity index (χ0) is 24.0. The molecular weight excluding hydrogens is 468 g/mol. The van der Waals surface area contributed by atoms with Gasteiger partial charge in [0.05, 0.1) is 43.0 Å². The van der Waals surface area contributed by atoms with Crippen LogP contribution in [-0.4, -0.2) is 44.9 Å². The largest absolute Gasteiger partial charge is 0.497 e. The van der Waals surface area contributed by atoms with E-state index >= 15 is 0 Å². The van der Waals surface area contributed by atoms with Crippen molar-refractivity contribution >= 4 is 38.2 Å². The number of amides is 1. The van der Waals surface area contributed by atoms with Crippen LogP contribution in [0.4, 0.5) is 5.00 Å². The minimum atomic E-state index is -4.03. The van der Waals surface area contributed by atoms with Gasteiger partial charge in [0.2, 0.25) is 15.9 Å². The number of esters is 1. The third-order valence-corrected chi connectivity index (χ3v) is 7.51. The summed E-state index contributed by atoms with van der Waals surface area (Å²) in [7, 11) is -2.54. The molecule has 0 aliphatic carbocycles. The highest BCUT2D eigenvalue weighted by atomic mass is 32.2. The number of carbonyl (C=O) groups excluding carboxylic acids is 2. The number of hydrogen-bond donors (Lipinski definition) is 1. The third-order valence-electron chi connectivity index (χ3n) is 4.57. The molecule has 2 heterocycles. The molecule has 0 atom stereocenters. The van der Waals surface area contributed by atoms with Gasteiger partial charge in [0.15, 0.2) is 0 Å². The molecule has 3 aromatic rings. The summed E-state index contributed by atoms with van der Waals surface area (Å²) in [5, 5.41) is 3.08. The molecule has 0 unspecified atom stereocenters. The van der Waals surface area contributed by atoms with Gasteiger partial charge in [-0.15, -0.1) is 11.3 Å². The lowest BCUT2D eigenvalue weighted by atomic mass is 10.3. The van der Waals surface area contributed by atoms with Gasteiger partial charge >= 0.3 is 5.97 Å². The number of benzene rings is 1. The highest BCUT2D eigenvalue weighted by molar-refractivity contribution is 7.89. The molecule has 0 saturated carbocycles. The number of ether oxygens (including phenoxy) is 2. The van der Waals surface area contributed by atoms with E-state index in [2.05, 4.69) is 5.32 Å². The summed E-state index contributed by atoms with van der Waals surface area (Å²) in [6.45, 7) is 3.09. The topological polar surface area (TPSA) is 115 Å². The maximum atomic E-state index is 13.3. The molecule has 3 rings (SSSR count). The van der Waals surface area contributed by atoms with Crippen LogP contribution < -0.4 is 10.1 Å². The first-order valence-electron chi connectivity index (χ1n) is 9.98. The fraction of sp³-hybridized carbons (Fsp3) is 0.273. The lowest BCUT2D eigenvalue weighted by Gasteiger charge is -2.21. The van der Waals surface area contributed by atoms with Crippen LogP contribution in [-0.2, 0) is 26.1 Å². The minimum absolute atomic E-state index is 0.0132. The van der Waals surface area contributed by atoms with E-state index in [1.165, 1.54) is 37.6 Å². The molecule has 11 heteroatoms. The van der Waals surface area contributed by atoms with Crippen molar-refractivity contribution < 1.29 is 31.9 Å². The van der Waals surface area contributed by atoms with Crippen LogP contribution in [0.5, 0.6) is 5.75 Å². The second-order valence-corrected chi connectivity index (χ2v) is 9.91. The molecule has 0 radical (unpaired) electrons. The predicted molar refractivity (Wildman–Crippen MR) is 123 cm³/mol. The predicted octanol–water partition coefficient (Wildman–Crippen LogP) is 3.66. The van der Waals surface area contributed by atoms with Crippen LogP contribution in [0.3, 0.4) is 0 Å². The van der Waals surface area contributed by atoms with Gasteiger partial charge in [0.1, 0.15) is 16.4 Å². The summed E-state index contributed by atoms with van der Waals surface area (Å²) < 4.78 is 43.0. The molecule has 1 aromatic carbocycles. The number of hydrogen-bond acceptors (Lipinski definition) is 8. The van der Waals surface area contributed by atoms with Crippen molar-refractivity contribution in [3.8, 4) is 5.75 Å². The summed E-state index contributed by atoms with van der Waals surface area (Å²) in [6.07, 6.45) is 1.43. The van der Waals surface area contributed by atoms with E-state index < -0.39 is 28.4 Å². The summed E-state index contributed by atoms with van der Waals surface area (Å²) in [4.78, 5) is 25.2. The summed E-state index contributed by atoms with van der Waals surface area (Å²) >= 11 is 1.07. The first-order chi connectivity index (χ1) is 15.7. The molecule has 0 spiro atoms. The average Bonchev–Trinajstić information content (AvgIpc) is 3.42. The number of carbonyl (C=O) groups is 2. The zero-order valence-corrected chi connectivity index (χ0v) is 20.0. The average molecular weight is 493 g/mol. The number of methoxy groups -OCH3 is 1. The van der Waals surface area contributed by atoms with E-state index in [-0.39, 0.29) is 18.0 Å². The van der Waals surface area contributed by atoms with Gasteiger partial charge in [-0.25, -0.2) is 13.2 Å². The van der Waals surface area contributed by atoms with Gasteiger partial charge in [0, 0.05) is 0 Å². The van der Waals surface area contributed by atoms with Crippen LogP contribution >= 0.6 is 11.3 Å². The van der Waals surface area contributed by atoms with E-state index in [0.717, 1.165) is 15.6 Å². The molecule has 9 nitrogen and oxygen atoms in total. The molecule has 1 amide bonds. The lowest BCUT2D eigenvalue weighted by molar-refractivity contribution is -0.116. The fourth-order valence-corrected chi connectivity index (χ4v) is 5.32. The second-order valence-electron chi connectivity index (χ2n) is 6.92. The Kier molecular flexibility index (Phi) is 7.90. The Hall–Kier alpha value is -3.15. The molecule has 0 aliphatic heterocycles. The Morgan fingerprint density at radius 3 is 2.52 bits per heavy atom. The number of aryl methyl sites for hydroxylation is 1. The van der Waals surface area contributed by atoms with Crippen molar-refractivity contribution in [1.82, 2.24) is 4.31 Å². The van der Waals surface area contributed by atoms with Gasteiger partial charge < -0.3 is 19.2 Å². The van der Waals surface area contributed by atoms with E-state index in [9.17, 15) is 18.0 Å². The van der Waals surface area contributed by atoms with Crippen LogP contribution in [0.1, 0.15) is 27.9 Å². The van der Waals surface area contributed by atoms with Crippen LogP contribution in [0.25, 0.3) is 0 Å². The lowest BCUT2D eigenvalue weighted by Crippen LogP contribution is -2.37. The Bertz CT molecular complexity index is 1200. The maximum absolute atomic E-state index is 13.3. The van der Waals surface area contributed by atoms with Crippen molar-refractivity contribution in [2.45, 2.75) is 25.3 Å². The molecule has 1 N–H and O–H groups in total. The molecule has 2 aromatic heterocycles. The molecule has 0 fully saturated rings. The van der Waals surface area contributed by atoms with Crippen molar-refractivity contribution in [2.75, 3.05) is 25.6 Å². The Balaban J connectivity index is 1.81. The highest BCUT2D eigenvalue weighted by Crippen LogP contribution is 2.28. The van der Waals surface area contributed by atoms with E-state index in [1.807, 2.05) is 0 Å². The third kappa shape index (κ3) is 6.01. The van der Waals surface area contributed by atoms with E-state index in [1.54, 1.807) is 32.0 Å². The number of furan rings is 1. The number of thiophene rings is 1. The van der Waals surface area contributed by atoms with Crippen molar-refractivity contribution in [1.29, 1.82) is 0 Å². The van der Waals surface area contributed by atoms with Gasteiger partial charge in [-0.2, -0.15) is 4.31 Å². The van der Waals surface area contributed by atoms with Crippen LogP contribution in [0.2, 0.25) is 0 Å². The fourth-order valence-electron chi connectivity index (χ4n) is 2.98. The van der Waals surface area contributed by atoms with Crippen LogP contribution in [0, 0.1) is 6.92 Å². The maximum Gasteiger partial charge on any atom is 0.348 e. The first kappa shape index (κ1) is 24.5. The Labute approximate surface area is 196 Å². The quantitative estimate of drug-likeness (QED) is 0.430. The number of nitrogens with zero attached hydrogens (tertiary/aromatic N) is 1. The second kappa shape index (κ2) is 10.6. The minimum Gasteiger partial charge on any atom is -0.497 e. The Morgan fingerprint density at radius 1 is 1.18 bits per heavy atom.